The molecule has 1 heterocycles. The largest absolute Gasteiger partial charge is 0.350 e. The van der Waals surface area contributed by atoms with Gasteiger partial charge >= 0.3 is 0 Å². The van der Waals surface area contributed by atoms with Crippen LogP contribution in [0.3, 0.4) is 0 Å². The number of nitrogens with zero attached hydrogens (tertiary/aromatic N) is 2. The molecule has 3 rings (SSSR count). The first kappa shape index (κ1) is 20.6. The molecule has 0 bridgehead atoms. The molecule has 0 aliphatic heterocycles. The number of para-hydroxylation sites is 1. The average Bonchev–Trinajstić information content (AvgIpc) is 3.20. The van der Waals surface area contributed by atoms with Crippen molar-refractivity contribution >= 4 is 23.4 Å². The number of carbonyl (C=O) groups is 2. The summed E-state index contributed by atoms with van der Waals surface area (Å²) in [5, 5.41) is 10.3. The van der Waals surface area contributed by atoms with Crippen molar-refractivity contribution in [1.29, 1.82) is 0 Å². The third kappa shape index (κ3) is 5.23. The fourth-order valence-electron chi connectivity index (χ4n) is 2.87. The molecule has 0 radical (unpaired) electrons. The predicted molar refractivity (Wildman–Crippen MR) is 113 cm³/mol. The van der Waals surface area contributed by atoms with Crippen LogP contribution in [0.4, 0.5) is 0 Å². The Hall–Kier alpha value is -3.12. The Morgan fingerprint density at radius 1 is 1.07 bits per heavy atom. The summed E-state index contributed by atoms with van der Waals surface area (Å²) in [4.78, 5) is 25.2. The number of rotatable bonds is 7. The van der Waals surface area contributed by atoms with E-state index in [0.29, 0.717) is 17.1 Å². The van der Waals surface area contributed by atoms with E-state index >= 15 is 0 Å². The SMILES string of the molecule is CC(C)[C@@H](NC(=O)c1ccccc1Cl)C(=O)NCc1cnn(-c2ccccc2)c1. The third-order valence-electron chi connectivity index (χ3n) is 4.48. The average molecular weight is 411 g/mol. The summed E-state index contributed by atoms with van der Waals surface area (Å²) in [7, 11) is 0. The molecule has 3 aromatic rings. The van der Waals surface area contributed by atoms with E-state index in [9.17, 15) is 9.59 Å². The van der Waals surface area contributed by atoms with Crippen LogP contribution in [0.15, 0.2) is 67.0 Å². The van der Waals surface area contributed by atoms with Crippen LogP contribution in [0.2, 0.25) is 5.02 Å². The molecule has 150 valence electrons. The van der Waals surface area contributed by atoms with Gasteiger partial charge in [-0.05, 0) is 30.2 Å². The molecule has 1 aromatic heterocycles. The predicted octanol–water partition coefficient (Wildman–Crippen LogP) is 3.60. The number of carbonyl (C=O) groups excluding carboxylic acids is 2. The third-order valence-corrected chi connectivity index (χ3v) is 4.81. The van der Waals surface area contributed by atoms with Gasteiger partial charge in [-0.25, -0.2) is 4.68 Å². The van der Waals surface area contributed by atoms with E-state index in [1.165, 1.54) is 0 Å². The van der Waals surface area contributed by atoms with Gasteiger partial charge in [0.05, 0.1) is 22.5 Å². The van der Waals surface area contributed by atoms with Gasteiger partial charge in [0.1, 0.15) is 6.04 Å². The van der Waals surface area contributed by atoms with Crippen LogP contribution in [-0.2, 0) is 11.3 Å². The van der Waals surface area contributed by atoms with E-state index in [0.717, 1.165) is 11.3 Å². The maximum atomic E-state index is 12.7. The minimum atomic E-state index is -0.678. The smallest absolute Gasteiger partial charge is 0.253 e. The van der Waals surface area contributed by atoms with Crippen molar-refractivity contribution in [3.63, 3.8) is 0 Å². The number of hydrogen-bond donors (Lipinski definition) is 2. The number of hydrogen-bond acceptors (Lipinski definition) is 3. The Morgan fingerprint density at radius 3 is 2.45 bits per heavy atom. The molecule has 7 heteroatoms. The minimum absolute atomic E-state index is 0.0894. The Balaban J connectivity index is 1.62. The van der Waals surface area contributed by atoms with Crippen molar-refractivity contribution < 1.29 is 9.59 Å². The van der Waals surface area contributed by atoms with Crippen molar-refractivity contribution in [3.8, 4) is 5.69 Å². The van der Waals surface area contributed by atoms with Gasteiger partial charge in [-0.3, -0.25) is 9.59 Å². The summed E-state index contributed by atoms with van der Waals surface area (Å²) in [6, 6.07) is 15.8. The first-order valence-corrected chi connectivity index (χ1v) is 9.75. The maximum Gasteiger partial charge on any atom is 0.253 e. The molecule has 2 amide bonds. The van der Waals surface area contributed by atoms with Gasteiger partial charge < -0.3 is 10.6 Å². The van der Waals surface area contributed by atoms with Crippen LogP contribution in [0.25, 0.3) is 5.69 Å². The minimum Gasteiger partial charge on any atom is -0.350 e. The van der Waals surface area contributed by atoms with E-state index in [2.05, 4.69) is 15.7 Å². The van der Waals surface area contributed by atoms with Crippen molar-refractivity contribution in [2.75, 3.05) is 0 Å². The zero-order valence-corrected chi connectivity index (χ0v) is 17.1. The quantitative estimate of drug-likeness (QED) is 0.624. The number of amides is 2. The summed E-state index contributed by atoms with van der Waals surface area (Å²) < 4.78 is 1.75. The normalized spacial score (nSPS) is 11.9. The maximum absolute atomic E-state index is 12.7. The molecule has 2 aromatic carbocycles. The Labute approximate surface area is 174 Å². The molecule has 6 nitrogen and oxygen atoms in total. The van der Waals surface area contributed by atoms with Gasteiger partial charge in [-0.1, -0.05) is 55.8 Å². The number of aromatic nitrogens is 2. The van der Waals surface area contributed by atoms with E-state index in [1.807, 2.05) is 50.4 Å². The topological polar surface area (TPSA) is 76.0 Å². The fourth-order valence-corrected chi connectivity index (χ4v) is 3.09. The first-order valence-electron chi connectivity index (χ1n) is 9.38. The molecule has 0 aliphatic carbocycles. The summed E-state index contributed by atoms with van der Waals surface area (Å²) in [6.45, 7) is 4.08. The lowest BCUT2D eigenvalue weighted by Crippen LogP contribution is -2.49. The molecule has 0 unspecified atom stereocenters. The monoisotopic (exact) mass is 410 g/mol. The van der Waals surface area contributed by atoms with Gasteiger partial charge in [0.2, 0.25) is 5.91 Å². The van der Waals surface area contributed by atoms with Gasteiger partial charge in [-0.2, -0.15) is 5.10 Å². The highest BCUT2D eigenvalue weighted by Gasteiger charge is 2.25. The molecule has 0 saturated heterocycles. The van der Waals surface area contributed by atoms with E-state index in [-0.39, 0.29) is 17.7 Å². The van der Waals surface area contributed by atoms with Crippen LogP contribution in [0.5, 0.6) is 0 Å². The highest BCUT2D eigenvalue weighted by atomic mass is 35.5. The number of halogens is 1. The lowest BCUT2D eigenvalue weighted by atomic mass is 10.0. The van der Waals surface area contributed by atoms with Gasteiger partial charge in [0.15, 0.2) is 0 Å². The standard InChI is InChI=1S/C22H23ClN4O2/c1-15(2)20(26-21(28)18-10-6-7-11-19(18)23)22(29)24-12-16-13-25-27(14-16)17-8-4-3-5-9-17/h3-11,13-15,20H,12H2,1-2H3,(H,24,29)(H,26,28)/t20-/m1/s1. The molecule has 0 fully saturated rings. The number of nitrogens with one attached hydrogen (secondary N) is 2. The highest BCUT2D eigenvalue weighted by molar-refractivity contribution is 6.33. The Morgan fingerprint density at radius 2 is 1.76 bits per heavy atom. The first-order chi connectivity index (χ1) is 14.0. The van der Waals surface area contributed by atoms with Crippen LogP contribution >= 0.6 is 11.6 Å². The molecule has 0 aliphatic rings. The van der Waals surface area contributed by atoms with Crippen molar-refractivity contribution in [1.82, 2.24) is 20.4 Å². The number of benzene rings is 2. The Bertz CT molecular complexity index is 985. The van der Waals surface area contributed by atoms with Crippen molar-refractivity contribution in [3.05, 3.63) is 83.1 Å². The molecule has 1 atom stereocenters. The lowest BCUT2D eigenvalue weighted by molar-refractivity contribution is -0.124. The highest BCUT2D eigenvalue weighted by Crippen LogP contribution is 2.15. The van der Waals surface area contributed by atoms with Gasteiger partial charge in [0, 0.05) is 18.3 Å². The molecule has 0 saturated carbocycles. The summed E-state index contributed by atoms with van der Waals surface area (Å²) in [6.07, 6.45) is 3.57. The van der Waals surface area contributed by atoms with Gasteiger partial charge in [-0.15, -0.1) is 0 Å². The zero-order chi connectivity index (χ0) is 20.8. The Kier molecular flexibility index (Phi) is 6.67. The van der Waals surface area contributed by atoms with Crippen molar-refractivity contribution in [2.24, 2.45) is 5.92 Å². The molecule has 29 heavy (non-hydrogen) atoms. The second kappa shape index (κ2) is 9.39. The summed E-state index contributed by atoms with van der Waals surface area (Å²) in [5.41, 5.74) is 2.15. The zero-order valence-electron chi connectivity index (χ0n) is 16.3. The molecular weight excluding hydrogens is 388 g/mol. The summed E-state index contributed by atoms with van der Waals surface area (Å²) in [5.74, 6) is -0.720. The van der Waals surface area contributed by atoms with E-state index in [1.54, 1.807) is 35.1 Å². The van der Waals surface area contributed by atoms with Crippen LogP contribution < -0.4 is 10.6 Å². The summed E-state index contributed by atoms with van der Waals surface area (Å²) >= 11 is 6.09. The lowest BCUT2D eigenvalue weighted by Gasteiger charge is -2.22. The van der Waals surface area contributed by atoms with Crippen LogP contribution in [0.1, 0.15) is 29.8 Å². The van der Waals surface area contributed by atoms with Crippen molar-refractivity contribution in [2.45, 2.75) is 26.4 Å². The van der Waals surface area contributed by atoms with Crippen LogP contribution in [-0.4, -0.2) is 27.6 Å². The second-order valence-corrected chi connectivity index (χ2v) is 7.43. The molecular formula is C22H23ClN4O2. The van der Waals surface area contributed by atoms with E-state index in [4.69, 9.17) is 11.6 Å². The van der Waals surface area contributed by atoms with Gasteiger partial charge in [0.25, 0.3) is 5.91 Å². The van der Waals surface area contributed by atoms with Crippen LogP contribution in [0, 0.1) is 5.92 Å². The fraction of sp³-hybridized carbons (Fsp3) is 0.227. The molecule has 2 N–H and O–H groups in total. The van der Waals surface area contributed by atoms with E-state index < -0.39 is 6.04 Å². The second-order valence-electron chi connectivity index (χ2n) is 7.02. The molecule has 0 spiro atoms.